The van der Waals surface area contributed by atoms with Gasteiger partial charge in [-0.25, -0.2) is 0 Å². The van der Waals surface area contributed by atoms with Crippen molar-refractivity contribution in [2.75, 3.05) is 13.1 Å². The Morgan fingerprint density at radius 1 is 1.58 bits per heavy atom. The van der Waals surface area contributed by atoms with Gasteiger partial charge in [0.25, 0.3) is 5.91 Å². The molecule has 2 N–H and O–H groups in total. The average Bonchev–Trinajstić information content (AvgIpc) is 2.74. The van der Waals surface area contributed by atoms with Crippen molar-refractivity contribution in [3.05, 3.63) is 22.4 Å². The number of hydrogen-bond donors (Lipinski definition) is 2. The fraction of sp³-hybridized carbons (Fsp3) is 0.643. The number of halogens is 1. The Morgan fingerprint density at radius 2 is 2.32 bits per heavy atom. The van der Waals surface area contributed by atoms with Gasteiger partial charge < -0.3 is 15.2 Å². The minimum Gasteiger partial charge on any atom is -0.348 e. The number of aromatic nitrogens is 1. The van der Waals surface area contributed by atoms with E-state index >= 15 is 0 Å². The molecule has 2 atom stereocenters. The van der Waals surface area contributed by atoms with E-state index in [4.69, 9.17) is 0 Å². The fourth-order valence-corrected chi connectivity index (χ4v) is 2.96. The highest BCUT2D eigenvalue weighted by atomic mass is 79.9. The molecule has 1 aliphatic rings. The van der Waals surface area contributed by atoms with Crippen LogP contribution in [0.2, 0.25) is 0 Å². The largest absolute Gasteiger partial charge is 0.348 e. The number of carbonyl (C=O) groups is 1. The van der Waals surface area contributed by atoms with Crippen LogP contribution in [0, 0.1) is 5.92 Å². The van der Waals surface area contributed by atoms with Gasteiger partial charge >= 0.3 is 0 Å². The number of nitrogens with one attached hydrogen (secondary N) is 2. The van der Waals surface area contributed by atoms with Crippen molar-refractivity contribution >= 4 is 21.8 Å². The number of nitrogens with zero attached hydrogens (tertiary/aromatic N) is 1. The van der Waals surface area contributed by atoms with Gasteiger partial charge in [-0.15, -0.1) is 0 Å². The predicted octanol–water partition coefficient (Wildman–Crippen LogP) is 2.56. The Hall–Kier alpha value is -0.810. The normalized spacial score (nSPS) is 23.6. The monoisotopic (exact) mass is 327 g/mol. The summed E-state index contributed by atoms with van der Waals surface area (Å²) in [5.41, 5.74) is 0.729. The van der Waals surface area contributed by atoms with Gasteiger partial charge in [0.15, 0.2) is 0 Å². The van der Waals surface area contributed by atoms with Crippen molar-refractivity contribution in [2.24, 2.45) is 5.92 Å². The van der Waals surface area contributed by atoms with Crippen molar-refractivity contribution in [1.82, 2.24) is 15.2 Å². The lowest BCUT2D eigenvalue weighted by Gasteiger charge is -2.30. The summed E-state index contributed by atoms with van der Waals surface area (Å²) in [4.78, 5) is 12.4. The predicted molar refractivity (Wildman–Crippen MR) is 80.4 cm³/mol. The summed E-state index contributed by atoms with van der Waals surface area (Å²) < 4.78 is 2.95. The molecule has 1 saturated heterocycles. The van der Waals surface area contributed by atoms with Gasteiger partial charge in [0.1, 0.15) is 5.69 Å². The van der Waals surface area contributed by atoms with Gasteiger partial charge in [0, 0.05) is 22.8 Å². The number of piperidine rings is 1. The van der Waals surface area contributed by atoms with Crippen molar-refractivity contribution in [1.29, 1.82) is 0 Å². The Labute approximate surface area is 123 Å². The fourth-order valence-electron chi connectivity index (χ4n) is 2.53. The standard InChI is InChI=1S/C14H22BrN3O/c1-9(2)18-8-11(15)6-13(18)14(19)17-12-4-5-16-7-10(12)3/h6,8-10,12,16H,4-5,7H2,1-3H3,(H,17,19). The van der Waals surface area contributed by atoms with Gasteiger partial charge in [-0.05, 0) is 61.3 Å². The molecule has 0 aromatic carbocycles. The molecule has 1 aliphatic heterocycles. The molecule has 0 radical (unpaired) electrons. The molecule has 1 amide bonds. The summed E-state index contributed by atoms with van der Waals surface area (Å²) in [5.74, 6) is 0.502. The Kier molecular flexibility index (Phi) is 4.68. The molecule has 2 unspecified atom stereocenters. The van der Waals surface area contributed by atoms with E-state index in [1.54, 1.807) is 0 Å². The summed E-state index contributed by atoms with van der Waals surface area (Å²) in [6, 6.07) is 2.43. The van der Waals surface area contributed by atoms with Crippen molar-refractivity contribution in [3.63, 3.8) is 0 Å². The minimum atomic E-state index is 0.0261. The first-order chi connectivity index (χ1) is 8.99. The van der Waals surface area contributed by atoms with E-state index in [1.807, 2.05) is 16.8 Å². The summed E-state index contributed by atoms with van der Waals surface area (Å²) in [6.07, 6.45) is 2.96. The highest BCUT2D eigenvalue weighted by Crippen LogP contribution is 2.20. The first-order valence-corrected chi connectivity index (χ1v) is 7.67. The zero-order valence-electron chi connectivity index (χ0n) is 11.7. The molecule has 1 aromatic heterocycles. The van der Waals surface area contributed by atoms with Crippen molar-refractivity contribution < 1.29 is 4.79 Å². The van der Waals surface area contributed by atoms with Gasteiger partial charge in [-0.2, -0.15) is 0 Å². The van der Waals surface area contributed by atoms with Crippen LogP contribution in [0.3, 0.4) is 0 Å². The SMILES string of the molecule is CC1CNCCC1NC(=O)c1cc(Br)cn1C(C)C. The third kappa shape index (κ3) is 3.39. The molecule has 2 rings (SSSR count). The van der Waals surface area contributed by atoms with Crippen LogP contribution in [-0.2, 0) is 0 Å². The molecular weight excluding hydrogens is 306 g/mol. The molecule has 0 spiro atoms. The average molecular weight is 328 g/mol. The summed E-state index contributed by atoms with van der Waals surface area (Å²) in [5, 5.41) is 6.52. The second kappa shape index (κ2) is 6.09. The maximum Gasteiger partial charge on any atom is 0.268 e. The molecule has 106 valence electrons. The zero-order valence-corrected chi connectivity index (χ0v) is 13.3. The van der Waals surface area contributed by atoms with E-state index in [-0.39, 0.29) is 18.0 Å². The topological polar surface area (TPSA) is 46.1 Å². The van der Waals surface area contributed by atoms with E-state index < -0.39 is 0 Å². The third-order valence-electron chi connectivity index (χ3n) is 3.71. The van der Waals surface area contributed by atoms with Crippen LogP contribution in [0.5, 0.6) is 0 Å². The van der Waals surface area contributed by atoms with Gasteiger partial charge in [-0.3, -0.25) is 4.79 Å². The lowest BCUT2D eigenvalue weighted by Crippen LogP contribution is -2.48. The molecule has 1 aromatic rings. The highest BCUT2D eigenvalue weighted by Gasteiger charge is 2.24. The quantitative estimate of drug-likeness (QED) is 0.896. The second-order valence-electron chi connectivity index (χ2n) is 5.59. The summed E-state index contributed by atoms with van der Waals surface area (Å²) >= 11 is 3.45. The maximum absolute atomic E-state index is 12.4. The Bertz CT molecular complexity index is 456. The van der Waals surface area contributed by atoms with Crippen LogP contribution in [0.1, 0.15) is 43.7 Å². The number of amides is 1. The van der Waals surface area contributed by atoms with Crippen LogP contribution < -0.4 is 10.6 Å². The lowest BCUT2D eigenvalue weighted by molar-refractivity contribution is 0.0903. The Balaban J connectivity index is 2.11. The molecule has 0 aliphatic carbocycles. The molecular formula is C14H22BrN3O. The Morgan fingerprint density at radius 3 is 2.95 bits per heavy atom. The molecule has 1 fully saturated rings. The second-order valence-corrected chi connectivity index (χ2v) is 6.51. The molecule has 5 heteroatoms. The third-order valence-corrected chi connectivity index (χ3v) is 4.14. The summed E-state index contributed by atoms with van der Waals surface area (Å²) in [6.45, 7) is 8.28. The molecule has 19 heavy (non-hydrogen) atoms. The maximum atomic E-state index is 12.4. The van der Waals surface area contributed by atoms with Gasteiger partial charge in [0.2, 0.25) is 0 Å². The van der Waals surface area contributed by atoms with Gasteiger partial charge in [-0.1, -0.05) is 6.92 Å². The molecule has 0 bridgehead atoms. The first kappa shape index (κ1) is 14.6. The molecule has 4 nitrogen and oxygen atoms in total. The van der Waals surface area contributed by atoms with E-state index in [2.05, 4.69) is 47.3 Å². The number of carbonyl (C=O) groups excluding carboxylic acids is 1. The molecule has 2 heterocycles. The van der Waals surface area contributed by atoms with E-state index in [9.17, 15) is 4.79 Å². The smallest absolute Gasteiger partial charge is 0.268 e. The van der Waals surface area contributed by atoms with E-state index in [1.165, 1.54) is 0 Å². The van der Waals surface area contributed by atoms with Crippen LogP contribution in [0.4, 0.5) is 0 Å². The zero-order chi connectivity index (χ0) is 14.0. The molecule has 0 saturated carbocycles. The van der Waals surface area contributed by atoms with Crippen molar-refractivity contribution in [3.8, 4) is 0 Å². The highest BCUT2D eigenvalue weighted by molar-refractivity contribution is 9.10. The van der Waals surface area contributed by atoms with Crippen molar-refractivity contribution in [2.45, 2.75) is 39.3 Å². The van der Waals surface area contributed by atoms with Crippen LogP contribution in [0.25, 0.3) is 0 Å². The first-order valence-electron chi connectivity index (χ1n) is 6.88. The van der Waals surface area contributed by atoms with Gasteiger partial charge in [0.05, 0.1) is 0 Å². The van der Waals surface area contributed by atoms with E-state index in [0.29, 0.717) is 5.92 Å². The summed E-state index contributed by atoms with van der Waals surface area (Å²) in [7, 11) is 0. The number of rotatable bonds is 3. The van der Waals surface area contributed by atoms with Crippen LogP contribution in [0.15, 0.2) is 16.7 Å². The lowest BCUT2D eigenvalue weighted by atomic mass is 9.95. The number of hydrogen-bond acceptors (Lipinski definition) is 2. The minimum absolute atomic E-state index is 0.0261. The van der Waals surface area contributed by atoms with E-state index in [0.717, 1.165) is 29.7 Å². The van der Waals surface area contributed by atoms with Crippen LogP contribution in [-0.4, -0.2) is 29.6 Å². The van der Waals surface area contributed by atoms with Crippen LogP contribution >= 0.6 is 15.9 Å².